The third kappa shape index (κ3) is 8.94. The van der Waals surface area contributed by atoms with Crippen LogP contribution in [-0.2, 0) is 24.2 Å². The molecule has 0 aromatic rings. The highest BCUT2D eigenvalue weighted by atomic mass is 32.2. The summed E-state index contributed by atoms with van der Waals surface area (Å²) in [6.45, 7) is 1.95. The van der Waals surface area contributed by atoms with E-state index >= 15 is 0 Å². The second-order valence-corrected chi connectivity index (χ2v) is 6.22. The van der Waals surface area contributed by atoms with E-state index in [2.05, 4.69) is 15.4 Å². The number of carbonyl (C=O) groups is 2. The van der Waals surface area contributed by atoms with Gasteiger partial charge in [-0.3, -0.25) is 4.79 Å². The van der Waals surface area contributed by atoms with Crippen LogP contribution in [0, 0.1) is 0 Å². The lowest BCUT2D eigenvalue weighted by molar-refractivity contribution is -0.144. The third-order valence-electron chi connectivity index (χ3n) is 2.08. The minimum atomic E-state index is -2.97. The smallest absolute Gasteiger partial charge is 0.329 e. The Morgan fingerprint density at radius 2 is 1.94 bits per heavy atom. The lowest BCUT2D eigenvalue weighted by Gasteiger charge is -2.15. The van der Waals surface area contributed by atoms with Crippen molar-refractivity contribution >= 4 is 21.7 Å². The second-order valence-electron chi connectivity index (χ2n) is 3.96. The Labute approximate surface area is 107 Å². The zero-order valence-corrected chi connectivity index (χ0v) is 11.7. The molecule has 2 N–H and O–H groups in total. The van der Waals surface area contributed by atoms with Crippen molar-refractivity contribution in [3.63, 3.8) is 0 Å². The summed E-state index contributed by atoms with van der Waals surface area (Å²) in [6, 6.07) is -0.759. The number of methoxy groups -OCH3 is 1. The zero-order valence-electron chi connectivity index (χ0n) is 10.9. The quantitative estimate of drug-likeness (QED) is 0.423. The first-order valence-electron chi connectivity index (χ1n) is 5.49. The highest BCUT2D eigenvalue weighted by Crippen LogP contribution is 1.90. The molecule has 0 saturated heterocycles. The highest BCUT2D eigenvalue weighted by Gasteiger charge is 2.19. The molecular weight excluding hydrogens is 260 g/mol. The molecule has 0 aliphatic heterocycles. The first-order chi connectivity index (χ1) is 8.26. The van der Waals surface area contributed by atoms with Crippen molar-refractivity contribution < 1.29 is 22.7 Å². The van der Waals surface area contributed by atoms with Gasteiger partial charge in [0.25, 0.3) is 0 Å². The van der Waals surface area contributed by atoms with Gasteiger partial charge >= 0.3 is 5.97 Å². The van der Waals surface area contributed by atoms with Crippen molar-refractivity contribution in [1.29, 1.82) is 0 Å². The van der Waals surface area contributed by atoms with Gasteiger partial charge in [-0.25, -0.2) is 13.2 Å². The molecule has 8 heteroatoms. The molecule has 0 saturated carbocycles. The summed E-state index contributed by atoms with van der Waals surface area (Å²) in [4.78, 5) is 22.2. The maximum Gasteiger partial charge on any atom is 0.329 e. The van der Waals surface area contributed by atoms with E-state index in [-0.39, 0.29) is 18.2 Å². The molecule has 18 heavy (non-hydrogen) atoms. The molecule has 0 radical (unpaired) electrons. The molecule has 7 nitrogen and oxygen atoms in total. The predicted octanol–water partition coefficient (Wildman–Crippen LogP) is -1.31. The Morgan fingerprint density at radius 1 is 1.33 bits per heavy atom. The number of ether oxygens (including phenoxy) is 1. The largest absolute Gasteiger partial charge is 0.467 e. The van der Waals surface area contributed by atoms with Crippen molar-refractivity contribution in [3.8, 4) is 0 Å². The summed E-state index contributed by atoms with van der Waals surface area (Å²) in [6.07, 6.45) is 1.62. The van der Waals surface area contributed by atoms with E-state index in [1.807, 2.05) is 0 Å². The molecule has 0 aliphatic carbocycles. The minimum absolute atomic E-state index is 0.0863. The predicted molar refractivity (Wildman–Crippen MR) is 66.8 cm³/mol. The molecular formula is C10H20N2O5S. The molecule has 0 bridgehead atoms. The number of nitrogens with one attached hydrogen (secondary N) is 2. The lowest BCUT2D eigenvalue weighted by atomic mass is 10.3. The second kappa shape index (κ2) is 8.04. The average molecular weight is 280 g/mol. The summed E-state index contributed by atoms with van der Waals surface area (Å²) in [5.74, 6) is -0.785. The molecule has 106 valence electrons. The van der Waals surface area contributed by atoms with Crippen LogP contribution in [0.2, 0.25) is 0 Å². The molecule has 1 amide bonds. The van der Waals surface area contributed by atoms with Crippen LogP contribution in [0.15, 0.2) is 0 Å². The average Bonchev–Trinajstić information content (AvgIpc) is 2.24. The Hall–Kier alpha value is -1.15. The molecule has 0 rings (SSSR count). The summed E-state index contributed by atoms with van der Waals surface area (Å²) < 4.78 is 26.3. The lowest BCUT2D eigenvalue weighted by Crippen LogP contribution is -2.47. The number of rotatable bonds is 8. The molecule has 0 fully saturated rings. The monoisotopic (exact) mass is 280 g/mol. The van der Waals surface area contributed by atoms with Gasteiger partial charge in [0, 0.05) is 19.7 Å². The fourth-order valence-corrected chi connectivity index (χ4v) is 1.96. The van der Waals surface area contributed by atoms with E-state index in [1.54, 1.807) is 0 Å². The summed E-state index contributed by atoms with van der Waals surface area (Å²) in [7, 11) is -1.73. The molecule has 0 spiro atoms. The van der Waals surface area contributed by atoms with Gasteiger partial charge in [-0.05, 0) is 13.0 Å². The van der Waals surface area contributed by atoms with E-state index in [0.29, 0.717) is 13.0 Å². The standard InChI is InChI=1S/C10H20N2O5S/c1-8(13)12-9(10(14)17-2)7-11-5-4-6-18(3,15)16/h9,11H,4-7H2,1-3H3,(H,12,13). The molecule has 0 aromatic heterocycles. The zero-order chi connectivity index (χ0) is 14.2. The van der Waals surface area contributed by atoms with Crippen molar-refractivity contribution in [3.05, 3.63) is 0 Å². The number of amides is 1. The van der Waals surface area contributed by atoms with Gasteiger partial charge in [-0.1, -0.05) is 0 Å². The molecule has 1 atom stereocenters. The van der Waals surface area contributed by atoms with Gasteiger partial charge in [0.05, 0.1) is 12.9 Å². The normalized spacial score (nSPS) is 12.8. The Balaban J connectivity index is 3.97. The summed E-state index contributed by atoms with van der Waals surface area (Å²) in [5.41, 5.74) is 0. The van der Waals surface area contributed by atoms with Crippen LogP contribution in [0.4, 0.5) is 0 Å². The maximum absolute atomic E-state index is 11.3. The maximum atomic E-state index is 11.3. The van der Waals surface area contributed by atoms with E-state index in [4.69, 9.17) is 0 Å². The molecule has 0 aliphatic rings. The van der Waals surface area contributed by atoms with E-state index in [1.165, 1.54) is 20.3 Å². The van der Waals surface area contributed by atoms with Crippen molar-refractivity contribution in [2.45, 2.75) is 19.4 Å². The van der Waals surface area contributed by atoms with Gasteiger partial charge in [0.15, 0.2) is 0 Å². The number of hydrogen-bond acceptors (Lipinski definition) is 6. The van der Waals surface area contributed by atoms with E-state index in [9.17, 15) is 18.0 Å². The topological polar surface area (TPSA) is 102 Å². The first-order valence-corrected chi connectivity index (χ1v) is 7.55. The van der Waals surface area contributed by atoms with Crippen LogP contribution >= 0.6 is 0 Å². The van der Waals surface area contributed by atoms with Crippen LogP contribution in [0.25, 0.3) is 0 Å². The summed E-state index contributed by atoms with van der Waals surface area (Å²) >= 11 is 0. The fourth-order valence-electron chi connectivity index (χ4n) is 1.29. The number of hydrogen-bond donors (Lipinski definition) is 2. The van der Waals surface area contributed by atoms with Crippen LogP contribution in [0.5, 0.6) is 0 Å². The third-order valence-corrected chi connectivity index (χ3v) is 3.11. The van der Waals surface area contributed by atoms with E-state index in [0.717, 1.165) is 0 Å². The fraction of sp³-hybridized carbons (Fsp3) is 0.800. The first kappa shape index (κ1) is 16.9. The van der Waals surface area contributed by atoms with Gasteiger partial charge < -0.3 is 15.4 Å². The van der Waals surface area contributed by atoms with Crippen molar-refractivity contribution in [1.82, 2.24) is 10.6 Å². The van der Waals surface area contributed by atoms with Crippen molar-refractivity contribution in [2.24, 2.45) is 0 Å². The Kier molecular flexibility index (Phi) is 7.53. The van der Waals surface area contributed by atoms with Crippen LogP contribution in [0.1, 0.15) is 13.3 Å². The Bertz CT molecular complexity index is 380. The minimum Gasteiger partial charge on any atom is -0.467 e. The molecule has 1 unspecified atom stereocenters. The molecule has 0 heterocycles. The van der Waals surface area contributed by atoms with Gasteiger partial charge in [0.2, 0.25) is 5.91 Å². The van der Waals surface area contributed by atoms with Crippen LogP contribution < -0.4 is 10.6 Å². The highest BCUT2D eigenvalue weighted by molar-refractivity contribution is 7.90. The summed E-state index contributed by atoms with van der Waals surface area (Å²) in [5, 5.41) is 5.34. The van der Waals surface area contributed by atoms with Crippen LogP contribution in [0.3, 0.4) is 0 Å². The van der Waals surface area contributed by atoms with Gasteiger partial charge in [-0.2, -0.15) is 0 Å². The van der Waals surface area contributed by atoms with Gasteiger partial charge in [0.1, 0.15) is 15.9 Å². The number of esters is 1. The van der Waals surface area contributed by atoms with Gasteiger partial charge in [-0.15, -0.1) is 0 Å². The number of carbonyl (C=O) groups excluding carboxylic acids is 2. The Morgan fingerprint density at radius 3 is 2.39 bits per heavy atom. The SMILES string of the molecule is COC(=O)C(CNCCCS(C)(=O)=O)NC(C)=O. The van der Waals surface area contributed by atoms with Crippen LogP contribution in [-0.4, -0.2) is 58.5 Å². The van der Waals surface area contributed by atoms with E-state index < -0.39 is 21.8 Å². The van der Waals surface area contributed by atoms with Crippen molar-refractivity contribution in [2.75, 3.05) is 32.2 Å². The number of sulfone groups is 1. The molecule has 0 aromatic carbocycles.